The van der Waals surface area contributed by atoms with Gasteiger partial charge in [-0.15, -0.1) is 0 Å². The highest BCUT2D eigenvalue weighted by Gasteiger charge is 2.08. The maximum atomic E-state index is 12.5. The van der Waals surface area contributed by atoms with Gasteiger partial charge in [0.2, 0.25) is 5.91 Å². The van der Waals surface area contributed by atoms with E-state index in [-0.39, 0.29) is 5.91 Å². The Labute approximate surface area is 182 Å². The third-order valence-electron chi connectivity index (χ3n) is 4.34. The van der Waals surface area contributed by atoms with E-state index in [2.05, 4.69) is 63.6 Å². The molecule has 1 rings (SSSR count). The average Bonchev–Trinajstić information content (AvgIpc) is 2.67. The quantitative estimate of drug-likeness (QED) is 0.418. The lowest BCUT2D eigenvalue weighted by molar-refractivity contribution is -0.114. The third kappa shape index (κ3) is 11.4. The number of carbonyl (C=O) groups is 1. The van der Waals surface area contributed by atoms with Gasteiger partial charge >= 0.3 is 0 Å². The summed E-state index contributed by atoms with van der Waals surface area (Å²) in [6.07, 6.45) is 10.0. The number of halogens is 1. The molecular formula is C25H39FN2O2. The Balaban J connectivity index is 0.000000604. The predicted octanol–water partition coefficient (Wildman–Crippen LogP) is 6.66. The van der Waals surface area contributed by atoms with Gasteiger partial charge in [-0.2, -0.15) is 0 Å². The van der Waals surface area contributed by atoms with E-state index in [1.807, 2.05) is 6.08 Å². The summed E-state index contributed by atoms with van der Waals surface area (Å²) in [6.45, 7) is 18.6. The maximum absolute atomic E-state index is 12.5. The molecule has 0 aliphatic heterocycles. The smallest absolute Gasteiger partial charge is 0.221 e. The van der Waals surface area contributed by atoms with E-state index in [4.69, 9.17) is 5.11 Å². The summed E-state index contributed by atoms with van der Waals surface area (Å²) in [7, 11) is 0. The van der Waals surface area contributed by atoms with Gasteiger partial charge in [0, 0.05) is 37.5 Å². The van der Waals surface area contributed by atoms with Crippen molar-refractivity contribution in [3.05, 3.63) is 60.1 Å². The van der Waals surface area contributed by atoms with Crippen molar-refractivity contribution in [1.29, 1.82) is 0 Å². The summed E-state index contributed by atoms with van der Waals surface area (Å²) in [6, 6.07) is 3.60. The molecule has 0 atom stereocenters. The Bertz CT molecular complexity index is 724. The van der Waals surface area contributed by atoms with Crippen LogP contribution >= 0.6 is 0 Å². The van der Waals surface area contributed by atoms with Crippen molar-refractivity contribution in [3.63, 3.8) is 0 Å². The highest BCUT2D eigenvalue weighted by molar-refractivity contribution is 5.88. The van der Waals surface area contributed by atoms with E-state index in [0.29, 0.717) is 5.69 Å². The molecule has 1 aromatic rings. The summed E-state index contributed by atoms with van der Waals surface area (Å²) in [5.41, 5.74) is 2.98. The Morgan fingerprint density at radius 3 is 2.43 bits per heavy atom. The zero-order chi connectivity index (χ0) is 23.1. The number of phenols is 1. The molecular weight excluding hydrogens is 379 g/mol. The lowest BCUT2D eigenvalue weighted by Gasteiger charge is -2.27. The van der Waals surface area contributed by atoms with E-state index < -0.39 is 11.6 Å². The van der Waals surface area contributed by atoms with Crippen LogP contribution < -0.4 is 5.32 Å². The topological polar surface area (TPSA) is 52.6 Å². The number of carbonyl (C=O) groups excluding carboxylic acids is 1. The number of hydrogen-bond donors (Lipinski definition) is 2. The van der Waals surface area contributed by atoms with Crippen molar-refractivity contribution in [2.24, 2.45) is 5.92 Å². The molecule has 1 aromatic carbocycles. The number of nitrogens with zero attached hydrogens (tertiary/aromatic N) is 1. The lowest BCUT2D eigenvalue weighted by atomic mass is 10.1. The zero-order valence-electron chi connectivity index (χ0n) is 19.5. The van der Waals surface area contributed by atoms with Gasteiger partial charge in [0.25, 0.3) is 0 Å². The molecule has 0 spiro atoms. The van der Waals surface area contributed by atoms with Crippen LogP contribution in [0.25, 0.3) is 0 Å². The molecule has 0 fully saturated rings. The fourth-order valence-corrected chi connectivity index (χ4v) is 2.86. The number of amides is 1. The molecule has 0 bridgehead atoms. The standard InChI is InChI=1S/C17H31N.C8H8FNO2/c1-7-11-17(16(6)9-3)18(13-8-2)14-10-12-15(4)5;1-5(11)10-6-2-3-7(9)8(12)4-6/h7,9,11,15H,3,8,10,12-14H2,1-2,4-6H3;2-4,12H,1H3,(H,10,11)/b11-7-,17-16+;. The minimum atomic E-state index is -0.705. The van der Waals surface area contributed by atoms with E-state index >= 15 is 0 Å². The second-order valence-electron chi connectivity index (χ2n) is 7.64. The van der Waals surface area contributed by atoms with Gasteiger partial charge in [-0.1, -0.05) is 39.5 Å². The highest BCUT2D eigenvalue weighted by Crippen LogP contribution is 2.20. The average molecular weight is 419 g/mol. The monoisotopic (exact) mass is 418 g/mol. The van der Waals surface area contributed by atoms with Gasteiger partial charge in [-0.25, -0.2) is 4.39 Å². The molecule has 0 saturated heterocycles. The van der Waals surface area contributed by atoms with Gasteiger partial charge in [0.1, 0.15) is 0 Å². The van der Waals surface area contributed by atoms with Crippen LogP contribution in [-0.2, 0) is 4.79 Å². The summed E-state index contributed by atoms with van der Waals surface area (Å²) < 4.78 is 12.5. The zero-order valence-corrected chi connectivity index (χ0v) is 19.5. The van der Waals surface area contributed by atoms with Crippen molar-refractivity contribution < 1.29 is 14.3 Å². The van der Waals surface area contributed by atoms with Gasteiger partial charge in [0.05, 0.1) is 0 Å². The Morgan fingerprint density at radius 2 is 1.97 bits per heavy atom. The Hall–Kier alpha value is -2.56. The number of allylic oxidation sites excluding steroid dienone is 4. The summed E-state index contributed by atoms with van der Waals surface area (Å²) in [5, 5.41) is 11.3. The van der Waals surface area contributed by atoms with Crippen LogP contribution in [0.4, 0.5) is 10.1 Å². The molecule has 4 nitrogen and oxygen atoms in total. The van der Waals surface area contributed by atoms with Crippen LogP contribution in [0.3, 0.4) is 0 Å². The minimum Gasteiger partial charge on any atom is -0.505 e. The molecule has 1 amide bonds. The fourth-order valence-electron chi connectivity index (χ4n) is 2.86. The molecule has 0 aliphatic carbocycles. The molecule has 0 aliphatic rings. The molecule has 30 heavy (non-hydrogen) atoms. The SMILES string of the molecule is C=C/C(C)=C(\C=C/C)N(CCC)CCCC(C)C.CC(=O)Nc1ccc(F)c(O)c1. The predicted molar refractivity (Wildman–Crippen MR) is 126 cm³/mol. The van der Waals surface area contributed by atoms with Gasteiger partial charge in [0.15, 0.2) is 11.6 Å². The number of phenolic OH excluding ortho intramolecular Hbond substituents is 1. The van der Waals surface area contributed by atoms with Crippen molar-refractivity contribution in [2.75, 3.05) is 18.4 Å². The van der Waals surface area contributed by atoms with Crippen molar-refractivity contribution in [3.8, 4) is 5.75 Å². The summed E-state index contributed by atoms with van der Waals surface area (Å²) in [4.78, 5) is 13.0. The summed E-state index contributed by atoms with van der Waals surface area (Å²) in [5.74, 6) is -0.644. The highest BCUT2D eigenvalue weighted by atomic mass is 19.1. The summed E-state index contributed by atoms with van der Waals surface area (Å²) >= 11 is 0. The molecule has 168 valence electrons. The molecule has 0 unspecified atom stereocenters. The molecule has 0 heterocycles. The number of aromatic hydroxyl groups is 1. The fraction of sp³-hybridized carbons (Fsp3) is 0.480. The third-order valence-corrected chi connectivity index (χ3v) is 4.34. The number of rotatable bonds is 10. The van der Waals surface area contributed by atoms with E-state index in [1.54, 1.807) is 0 Å². The molecule has 5 heteroatoms. The van der Waals surface area contributed by atoms with Crippen LogP contribution in [0.5, 0.6) is 5.75 Å². The number of benzene rings is 1. The van der Waals surface area contributed by atoms with Crippen LogP contribution in [-0.4, -0.2) is 29.0 Å². The van der Waals surface area contributed by atoms with E-state index in [9.17, 15) is 9.18 Å². The molecule has 0 radical (unpaired) electrons. The number of nitrogens with one attached hydrogen (secondary N) is 1. The van der Waals surface area contributed by atoms with Crippen molar-refractivity contribution in [2.45, 2.75) is 60.8 Å². The first kappa shape index (κ1) is 27.4. The van der Waals surface area contributed by atoms with Gasteiger partial charge in [-0.3, -0.25) is 4.79 Å². The molecule has 2 N–H and O–H groups in total. The molecule has 0 saturated carbocycles. The van der Waals surface area contributed by atoms with E-state index in [1.165, 1.54) is 43.5 Å². The largest absolute Gasteiger partial charge is 0.505 e. The van der Waals surface area contributed by atoms with Crippen LogP contribution in [0.2, 0.25) is 0 Å². The first-order valence-electron chi connectivity index (χ1n) is 10.6. The van der Waals surface area contributed by atoms with Crippen LogP contribution in [0.1, 0.15) is 60.8 Å². The van der Waals surface area contributed by atoms with Gasteiger partial charge < -0.3 is 15.3 Å². The minimum absolute atomic E-state index is 0.263. The first-order chi connectivity index (χ1) is 14.2. The van der Waals surface area contributed by atoms with Gasteiger partial charge in [-0.05, 0) is 62.8 Å². The Morgan fingerprint density at radius 1 is 1.30 bits per heavy atom. The molecule has 0 aromatic heterocycles. The number of hydrogen-bond acceptors (Lipinski definition) is 3. The number of anilines is 1. The lowest BCUT2D eigenvalue weighted by Crippen LogP contribution is -2.25. The second-order valence-corrected chi connectivity index (χ2v) is 7.64. The van der Waals surface area contributed by atoms with E-state index in [0.717, 1.165) is 31.1 Å². The van der Waals surface area contributed by atoms with Crippen molar-refractivity contribution >= 4 is 11.6 Å². The van der Waals surface area contributed by atoms with Crippen LogP contribution in [0.15, 0.2) is 54.3 Å². The van der Waals surface area contributed by atoms with Crippen LogP contribution in [0, 0.1) is 11.7 Å². The Kier molecular flexibility index (Phi) is 14.0. The second kappa shape index (κ2) is 15.3. The van der Waals surface area contributed by atoms with Crippen molar-refractivity contribution in [1.82, 2.24) is 4.90 Å². The normalized spacial score (nSPS) is 11.6. The maximum Gasteiger partial charge on any atom is 0.221 e. The first-order valence-corrected chi connectivity index (χ1v) is 10.6.